The van der Waals surface area contributed by atoms with Gasteiger partial charge in [0, 0.05) is 6.54 Å². The summed E-state index contributed by atoms with van der Waals surface area (Å²) in [5.41, 5.74) is 4.45. The third-order valence-corrected chi connectivity index (χ3v) is 5.70. The van der Waals surface area contributed by atoms with Crippen LogP contribution in [-0.4, -0.2) is 20.8 Å². The summed E-state index contributed by atoms with van der Waals surface area (Å²) >= 11 is 0. The zero-order valence-electron chi connectivity index (χ0n) is 16.5. The number of hydrogen-bond donors (Lipinski definition) is 0. The minimum absolute atomic E-state index is 0.0453. The van der Waals surface area contributed by atoms with Crippen LogP contribution in [-0.2, 0) is 6.42 Å². The van der Waals surface area contributed by atoms with Crippen LogP contribution in [0.1, 0.15) is 29.7 Å². The summed E-state index contributed by atoms with van der Waals surface area (Å²) in [5.74, 6) is 1.37. The minimum atomic E-state index is -0.399. The molecule has 5 heteroatoms. The van der Waals surface area contributed by atoms with E-state index >= 15 is 0 Å². The monoisotopic (exact) mass is 377 g/mol. The summed E-state index contributed by atoms with van der Waals surface area (Å²) in [6, 6.07) is 11.7. The lowest BCUT2D eigenvalue weighted by molar-refractivity contribution is 0.353. The van der Waals surface area contributed by atoms with Gasteiger partial charge in [0.1, 0.15) is 5.69 Å². The van der Waals surface area contributed by atoms with Gasteiger partial charge in [0.2, 0.25) is 10.9 Å². The van der Waals surface area contributed by atoms with E-state index in [4.69, 9.17) is 9.47 Å². The number of benzene rings is 2. The fraction of sp³-hybridized carbons (Fsp3) is 0.304. The van der Waals surface area contributed by atoms with E-state index < -0.39 is 10.9 Å². The van der Waals surface area contributed by atoms with Crippen molar-refractivity contribution in [1.82, 2.24) is 0 Å². The van der Waals surface area contributed by atoms with Crippen molar-refractivity contribution in [3.05, 3.63) is 73.5 Å². The molecule has 0 aliphatic carbocycles. The van der Waals surface area contributed by atoms with Crippen LogP contribution in [0.4, 0.5) is 5.69 Å². The zero-order valence-corrected chi connectivity index (χ0v) is 16.5. The van der Waals surface area contributed by atoms with Crippen LogP contribution in [0.25, 0.3) is 11.1 Å². The molecule has 1 heterocycles. The van der Waals surface area contributed by atoms with Crippen LogP contribution in [0.5, 0.6) is 11.5 Å². The van der Waals surface area contributed by atoms with Crippen molar-refractivity contribution >= 4 is 5.69 Å². The van der Waals surface area contributed by atoms with Crippen LogP contribution in [0.3, 0.4) is 0 Å². The van der Waals surface area contributed by atoms with Gasteiger partial charge < -0.3 is 14.4 Å². The predicted molar refractivity (Wildman–Crippen MR) is 111 cm³/mol. The SMILES string of the molecule is COc1cc2c(cc1OC)C(C)N(c1c(-c3ccc(C)cc3)c(=O)c1=O)CC2. The number of rotatable bonds is 4. The second kappa shape index (κ2) is 6.82. The molecule has 1 aliphatic rings. The van der Waals surface area contributed by atoms with Gasteiger partial charge in [-0.05, 0) is 49.1 Å². The van der Waals surface area contributed by atoms with Crippen molar-refractivity contribution in [2.75, 3.05) is 25.7 Å². The average molecular weight is 377 g/mol. The normalized spacial score (nSPS) is 16.1. The molecule has 4 rings (SSSR count). The summed E-state index contributed by atoms with van der Waals surface area (Å²) < 4.78 is 10.9. The van der Waals surface area contributed by atoms with E-state index in [0.29, 0.717) is 29.3 Å². The molecule has 0 N–H and O–H groups in total. The van der Waals surface area contributed by atoms with E-state index in [-0.39, 0.29) is 6.04 Å². The van der Waals surface area contributed by atoms with Gasteiger partial charge in [0.15, 0.2) is 11.5 Å². The van der Waals surface area contributed by atoms with Gasteiger partial charge in [-0.15, -0.1) is 0 Å². The number of ether oxygens (including phenoxy) is 2. The first kappa shape index (κ1) is 18.3. The molecule has 3 aromatic carbocycles. The standard InChI is InChI=1S/C23H23NO4/c1-13-5-7-15(8-6-13)20-21(23(26)22(20)25)24-10-9-16-11-18(27-3)19(28-4)12-17(16)14(24)2/h5-8,11-12,14H,9-10H2,1-4H3. The molecular formula is C23H23NO4. The number of nitrogens with zero attached hydrogens (tertiary/aromatic N) is 1. The average Bonchev–Trinajstić information content (AvgIpc) is 2.72. The summed E-state index contributed by atoms with van der Waals surface area (Å²) in [4.78, 5) is 26.9. The summed E-state index contributed by atoms with van der Waals surface area (Å²) in [6.07, 6.45) is 0.770. The molecule has 1 atom stereocenters. The summed E-state index contributed by atoms with van der Waals surface area (Å²) in [7, 11) is 3.24. The molecule has 0 aromatic heterocycles. The van der Waals surface area contributed by atoms with Crippen LogP contribution in [0.15, 0.2) is 46.0 Å². The third-order valence-electron chi connectivity index (χ3n) is 5.70. The molecule has 0 bridgehead atoms. The lowest BCUT2D eigenvalue weighted by atomic mass is 9.89. The van der Waals surface area contributed by atoms with Gasteiger partial charge in [0.25, 0.3) is 0 Å². The Bertz CT molecular complexity index is 1110. The van der Waals surface area contributed by atoms with E-state index in [0.717, 1.165) is 23.1 Å². The van der Waals surface area contributed by atoms with Gasteiger partial charge in [-0.3, -0.25) is 9.59 Å². The molecule has 0 saturated carbocycles. The van der Waals surface area contributed by atoms with Crippen LogP contribution in [0.2, 0.25) is 0 Å². The Kier molecular flexibility index (Phi) is 4.46. The Morgan fingerprint density at radius 1 is 0.964 bits per heavy atom. The molecule has 3 aromatic rings. The fourth-order valence-electron chi connectivity index (χ4n) is 4.09. The Balaban J connectivity index is 1.77. The number of aryl methyl sites for hydroxylation is 1. The summed E-state index contributed by atoms with van der Waals surface area (Å²) in [6.45, 7) is 4.73. The third kappa shape index (κ3) is 2.70. The molecule has 0 saturated heterocycles. The Morgan fingerprint density at radius 3 is 2.25 bits per heavy atom. The number of hydrogen-bond acceptors (Lipinski definition) is 5. The molecule has 28 heavy (non-hydrogen) atoms. The van der Waals surface area contributed by atoms with Crippen LogP contribution in [0, 0.1) is 6.92 Å². The topological polar surface area (TPSA) is 55.8 Å². The van der Waals surface area contributed by atoms with Crippen molar-refractivity contribution in [2.45, 2.75) is 26.3 Å². The van der Waals surface area contributed by atoms with Gasteiger partial charge in [-0.2, -0.15) is 0 Å². The van der Waals surface area contributed by atoms with Crippen molar-refractivity contribution in [3.63, 3.8) is 0 Å². The van der Waals surface area contributed by atoms with Gasteiger partial charge in [0.05, 0.1) is 25.8 Å². The minimum Gasteiger partial charge on any atom is -0.493 e. The van der Waals surface area contributed by atoms with E-state index in [9.17, 15) is 9.59 Å². The van der Waals surface area contributed by atoms with Crippen molar-refractivity contribution < 1.29 is 9.47 Å². The molecule has 0 fully saturated rings. The highest BCUT2D eigenvalue weighted by Gasteiger charge is 2.33. The maximum atomic E-state index is 12.5. The maximum absolute atomic E-state index is 12.5. The quantitative estimate of drug-likeness (QED) is 0.653. The lowest BCUT2D eigenvalue weighted by Gasteiger charge is -2.38. The summed E-state index contributed by atoms with van der Waals surface area (Å²) in [5, 5.41) is 0. The highest BCUT2D eigenvalue weighted by atomic mass is 16.5. The van der Waals surface area contributed by atoms with Crippen LogP contribution >= 0.6 is 0 Å². The van der Waals surface area contributed by atoms with Crippen molar-refractivity contribution in [1.29, 1.82) is 0 Å². The molecule has 1 aliphatic heterocycles. The highest BCUT2D eigenvalue weighted by Crippen LogP contribution is 2.41. The van der Waals surface area contributed by atoms with E-state index in [1.807, 2.05) is 48.2 Å². The van der Waals surface area contributed by atoms with Crippen LogP contribution < -0.4 is 25.2 Å². The second-order valence-electron chi connectivity index (χ2n) is 7.27. The fourth-order valence-corrected chi connectivity index (χ4v) is 4.09. The molecule has 0 spiro atoms. The van der Waals surface area contributed by atoms with Crippen molar-refractivity contribution in [3.8, 4) is 22.6 Å². The molecule has 144 valence electrons. The molecule has 1 unspecified atom stereocenters. The Hall–Kier alpha value is -3.08. The molecule has 5 nitrogen and oxygen atoms in total. The Labute approximate surface area is 163 Å². The van der Waals surface area contributed by atoms with Gasteiger partial charge >= 0.3 is 0 Å². The smallest absolute Gasteiger partial charge is 0.250 e. The van der Waals surface area contributed by atoms with E-state index in [2.05, 4.69) is 6.92 Å². The first-order chi connectivity index (χ1) is 13.5. The first-order valence-electron chi connectivity index (χ1n) is 9.38. The van der Waals surface area contributed by atoms with Gasteiger partial charge in [-0.25, -0.2) is 0 Å². The number of anilines is 1. The number of fused-ring (bicyclic) bond motifs is 1. The molecule has 0 radical (unpaired) electrons. The zero-order chi connectivity index (χ0) is 20.0. The maximum Gasteiger partial charge on any atom is 0.250 e. The highest BCUT2D eigenvalue weighted by molar-refractivity contribution is 5.83. The Morgan fingerprint density at radius 2 is 1.61 bits per heavy atom. The van der Waals surface area contributed by atoms with E-state index in [1.165, 1.54) is 5.56 Å². The lowest BCUT2D eigenvalue weighted by Crippen LogP contribution is -2.45. The predicted octanol–water partition coefficient (Wildman–Crippen LogP) is 3.40. The second-order valence-corrected chi connectivity index (χ2v) is 7.27. The van der Waals surface area contributed by atoms with Crippen molar-refractivity contribution in [2.24, 2.45) is 0 Å². The number of methoxy groups -OCH3 is 2. The largest absolute Gasteiger partial charge is 0.493 e. The van der Waals surface area contributed by atoms with E-state index in [1.54, 1.807) is 14.2 Å². The van der Waals surface area contributed by atoms with Gasteiger partial charge in [-0.1, -0.05) is 29.8 Å². The molecular weight excluding hydrogens is 354 g/mol. The first-order valence-corrected chi connectivity index (χ1v) is 9.38. The molecule has 0 amide bonds.